The number of carbonyl (C=O) groups is 5. The molecule has 1 heterocycles. The standard InChI is InChI=1S/C39H66N6O7S/c1-26(2)45(27(3)4)53(51,52)25-39(22-10-7-11-23-39)43-37(50)42-33(38(5)20-8-6-9-21-38)36(49)44-24-12-13-31(44)34(47)41-30(19-16-28-14-15-28)32(46)35(48)40-29-17-18-29/h26-31,33H,6-25H2,1-5H3,(H,40,48)(H,41,47)(H2,42,43,50)/t30-,31-,33+/m0/s1. The summed E-state index contributed by atoms with van der Waals surface area (Å²) in [6.07, 6.45) is 13.8. The fourth-order valence-corrected chi connectivity index (χ4v) is 11.7. The molecule has 0 bridgehead atoms. The van der Waals surface area contributed by atoms with E-state index in [1.807, 2.05) is 34.6 Å². The molecule has 5 amide bonds. The normalized spacial score (nSPS) is 24.1. The highest BCUT2D eigenvalue weighted by atomic mass is 32.2. The number of hydrogen-bond acceptors (Lipinski definition) is 7. The van der Waals surface area contributed by atoms with Crippen LogP contribution in [0.1, 0.15) is 150 Å². The molecule has 13 nitrogen and oxygen atoms in total. The first kappa shape index (κ1) is 41.4. The lowest BCUT2D eigenvalue weighted by atomic mass is 9.70. The topological polar surface area (TPSA) is 174 Å². The molecule has 0 aromatic rings. The molecule has 4 saturated carbocycles. The number of ketones is 1. The molecule has 0 radical (unpaired) electrons. The molecule has 3 atom stereocenters. The molecule has 5 rings (SSSR count). The lowest BCUT2D eigenvalue weighted by molar-refractivity contribution is -0.144. The van der Waals surface area contributed by atoms with Gasteiger partial charge in [-0.1, -0.05) is 58.3 Å². The van der Waals surface area contributed by atoms with E-state index in [1.165, 1.54) is 4.31 Å². The Bertz CT molecular complexity index is 1440. The summed E-state index contributed by atoms with van der Waals surface area (Å²) in [7, 11) is -3.74. The summed E-state index contributed by atoms with van der Waals surface area (Å²) in [6.45, 7) is 9.78. The number of nitrogens with one attached hydrogen (secondary N) is 4. The van der Waals surface area contributed by atoms with Gasteiger partial charge < -0.3 is 26.2 Å². The van der Waals surface area contributed by atoms with Crippen LogP contribution in [0.25, 0.3) is 0 Å². The molecule has 5 fully saturated rings. The molecule has 300 valence electrons. The number of amides is 5. The van der Waals surface area contributed by atoms with Crippen LogP contribution in [0.15, 0.2) is 0 Å². The highest BCUT2D eigenvalue weighted by Gasteiger charge is 2.48. The maximum Gasteiger partial charge on any atom is 0.315 e. The van der Waals surface area contributed by atoms with Crippen molar-refractivity contribution in [1.82, 2.24) is 30.5 Å². The molecular formula is C39H66N6O7S. The molecule has 4 N–H and O–H groups in total. The summed E-state index contributed by atoms with van der Waals surface area (Å²) in [6, 6.07) is -3.75. The maximum absolute atomic E-state index is 14.7. The van der Waals surface area contributed by atoms with Gasteiger partial charge in [-0.3, -0.25) is 19.2 Å². The summed E-state index contributed by atoms with van der Waals surface area (Å²) >= 11 is 0. The Morgan fingerprint density at radius 3 is 1.96 bits per heavy atom. The first-order valence-electron chi connectivity index (χ1n) is 20.6. The van der Waals surface area contributed by atoms with Gasteiger partial charge in [0, 0.05) is 24.7 Å². The number of nitrogens with zero attached hydrogens (tertiary/aromatic N) is 2. The van der Waals surface area contributed by atoms with Gasteiger partial charge in [-0.15, -0.1) is 0 Å². The van der Waals surface area contributed by atoms with E-state index in [1.54, 1.807) is 4.90 Å². The Labute approximate surface area is 317 Å². The number of sulfonamides is 1. The van der Waals surface area contributed by atoms with Gasteiger partial charge >= 0.3 is 6.03 Å². The number of carbonyl (C=O) groups excluding carboxylic acids is 5. The van der Waals surface area contributed by atoms with Crippen LogP contribution in [-0.4, -0.2) is 101 Å². The van der Waals surface area contributed by atoms with Crippen LogP contribution in [0.2, 0.25) is 0 Å². The van der Waals surface area contributed by atoms with Crippen LogP contribution < -0.4 is 21.3 Å². The molecule has 14 heteroatoms. The summed E-state index contributed by atoms with van der Waals surface area (Å²) in [5.41, 5.74) is -1.55. The predicted octanol–water partition coefficient (Wildman–Crippen LogP) is 4.29. The third kappa shape index (κ3) is 10.7. The van der Waals surface area contributed by atoms with Crippen molar-refractivity contribution in [2.45, 2.75) is 192 Å². The van der Waals surface area contributed by atoms with Gasteiger partial charge in [0.05, 0.1) is 17.3 Å². The van der Waals surface area contributed by atoms with E-state index in [9.17, 15) is 32.4 Å². The van der Waals surface area contributed by atoms with Crippen molar-refractivity contribution < 1.29 is 32.4 Å². The molecule has 1 saturated heterocycles. The number of Topliss-reactive ketones (excluding diaryl/α,β-unsaturated/α-hetero) is 1. The first-order chi connectivity index (χ1) is 25.0. The minimum absolute atomic E-state index is 0.0177. The zero-order valence-corrected chi connectivity index (χ0v) is 33.7. The number of urea groups is 1. The van der Waals surface area contributed by atoms with Crippen LogP contribution in [0.5, 0.6) is 0 Å². The second-order valence-corrected chi connectivity index (χ2v) is 19.6. The highest BCUT2D eigenvalue weighted by molar-refractivity contribution is 7.89. The Hall–Kier alpha value is -2.74. The molecule has 0 aromatic heterocycles. The summed E-state index contributed by atoms with van der Waals surface area (Å²) in [5, 5.41) is 11.8. The minimum atomic E-state index is -3.74. The van der Waals surface area contributed by atoms with Crippen LogP contribution in [0, 0.1) is 11.3 Å². The van der Waals surface area contributed by atoms with Crippen molar-refractivity contribution >= 4 is 39.6 Å². The van der Waals surface area contributed by atoms with Crippen molar-refractivity contribution in [3.05, 3.63) is 0 Å². The number of likely N-dealkylation sites (tertiary alicyclic amines) is 1. The van der Waals surface area contributed by atoms with E-state index < -0.39 is 62.7 Å². The van der Waals surface area contributed by atoms with Gasteiger partial charge in [0.2, 0.25) is 27.6 Å². The van der Waals surface area contributed by atoms with Crippen molar-refractivity contribution in [2.75, 3.05) is 12.3 Å². The van der Waals surface area contributed by atoms with Crippen LogP contribution in [0.4, 0.5) is 4.79 Å². The Morgan fingerprint density at radius 1 is 0.792 bits per heavy atom. The minimum Gasteiger partial charge on any atom is -0.347 e. The molecule has 0 aromatic carbocycles. The van der Waals surface area contributed by atoms with E-state index in [0.717, 1.165) is 83.5 Å². The van der Waals surface area contributed by atoms with E-state index in [2.05, 4.69) is 21.3 Å². The Balaban J connectivity index is 1.33. The van der Waals surface area contributed by atoms with Crippen molar-refractivity contribution in [3.8, 4) is 0 Å². The van der Waals surface area contributed by atoms with E-state index in [-0.39, 0.29) is 29.8 Å². The Morgan fingerprint density at radius 2 is 1.40 bits per heavy atom. The van der Waals surface area contributed by atoms with Gasteiger partial charge in [0.15, 0.2) is 0 Å². The van der Waals surface area contributed by atoms with Crippen LogP contribution >= 0.6 is 0 Å². The van der Waals surface area contributed by atoms with E-state index in [0.29, 0.717) is 44.6 Å². The lowest BCUT2D eigenvalue weighted by Crippen LogP contribution is -2.64. The highest BCUT2D eigenvalue weighted by Crippen LogP contribution is 2.41. The summed E-state index contributed by atoms with van der Waals surface area (Å²) in [4.78, 5) is 70.3. The zero-order valence-electron chi connectivity index (χ0n) is 32.8. The van der Waals surface area contributed by atoms with Gasteiger partial charge in [-0.2, -0.15) is 4.31 Å². The molecule has 0 spiro atoms. The second kappa shape index (κ2) is 17.4. The van der Waals surface area contributed by atoms with Gasteiger partial charge in [-0.05, 0) is 103 Å². The zero-order chi connectivity index (χ0) is 38.6. The maximum atomic E-state index is 14.7. The van der Waals surface area contributed by atoms with Crippen molar-refractivity contribution in [1.29, 1.82) is 0 Å². The SMILES string of the molecule is CC(C)N(C(C)C)S(=O)(=O)CC1(NC(=O)N[C@H](C(=O)N2CCC[C@H]2C(=O)N[C@@H](CCC2CC2)C(=O)C(=O)NC2CC2)C2(C)CCCCC2)CCCCC1. The predicted molar refractivity (Wildman–Crippen MR) is 203 cm³/mol. The quantitative estimate of drug-likeness (QED) is 0.160. The van der Waals surface area contributed by atoms with Gasteiger partial charge in [0.1, 0.15) is 12.1 Å². The van der Waals surface area contributed by atoms with Crippen LogP contribution in [-0.2, 0) is 29.2 Å². The second-order valence-electron chi connectivity index (χ2n) is 17.7. The van der Waals surface area contributed by atoms with Gasteiger partial charge in [0.25, 0.3) is 5.91 Å². The van der Waals surface area contributed by atoms with E-state index in [4.69, 9.17) is 0 Å². The fourth-order valence-electron chi connectivity index (χ4n) is 9.24. The van der Waals surface area contributed by atoms with Crippen LogP contribution in [0.3, 0.4) is 0 Å². The average Bonchev–Trinajstić information content (AvgIpc) is 4.03. The van der Waals surface area contributed by atoms with Gasteiger partial charge in [-0.25, -0.2) is 13.2 Å². The molecule has 0 unspecified atom stereocenters. The first-order valence-corrected chi connectivity index (χ1v) is 22.2. The van der Waals surface area contributed by atoms with Crippen molar-refractivity contribution in [2.24, 2.45) is 11.3 Å². The molecule has 4 aliphatic carbocycles. The fraction of sp³-hybridized carbons (Fsp3) is 0.872. The largest absolute Gasteiger partial charge is 0.347 e. The molecular weight excluding hydrogens is 697 g/mol. The summed E-state index contributed by atoms with van der Waals surface area (Å²) < 4.78 is 29.2. The van der Waals surface area contributed by atoms with Crippen molar-refractivity contribution in [3.63, 3.8) is 0 Å². The molecule has 1 aliphatic heterocycles. The number of rotatable bonds is 17. The number of hydrogen-bond donors (Lipinski definition) is 4. The smallest absolute Gasteiger partial charge is 0.315 e. The molecule has 53 heavy (non-hydrogen) atoms. The third-order valence-electron chi connectivity index (χ3n) is 12.4. The monoisotopic (exact) mass is 762 g/mol. The molecule has 5 aliphatic rings. The van der Waals surface area contributed by atoms with E-state index >= 15 is 0 Å². The Kier molecular flexibility index (Phi) is 13.6. The summed E-state index contributed by atoms with van der Waals surface area (Å²) in [5.74, 6) is -1.81. The average molecular weight is 763 g/mol. The lowest BCUT2D eigenvalue weighted by Gasteiger charge is -2.44. The third-order valence-corrected chi connectivity index (χ3v) is 14.8.